The molecular weight excluding hydrogens is 462 g/mol. The van der Waals surface area contributed by atoms with Crippen molar-refractivity contribution in [3.63, 3.8) is 0 Å². The Bertz CT molecular complexity index is 1040. The van der Waals surface area contributed by atoms with Gasteiger partial charge in [0.1, 0.15) is 17.7 Å². The number of aryl methyl sites for hydroxylation is 2. The Hall–Kier alpha value is -3.43. The van der Waals surface area contributed by atoms with Crippen LogP contribution in [0.3, 0.4) is 0 Å². The summed E-state index contributed by atoms with van der Waals surface area (Å²) in [6, 6.07) is 12.4. The van der Waals surface area contributed by atoms with E-state index in [2.05, 4.69) is 10.6 Å². The molecule has 0 saturated heterocycles. The first-order valence-corrected chi connectivity index (χ1v) is 11.9. The van der Waals surface area contributed by atoms with Crippen LogP contribution in [0.5, 0.6) is 0 Å². The van der Waals surface area contributed by atoms with Crippen LogP contribution in [-0.4, -0.2) is 64.4 Å². The quantitative estimate of drug-likeness (QED) is 0.397. The van der Waals surface area contributed by atoms with Gasteiger partial charge in [-0.1, -0.05) is 54.1 Å². The maximum absolute atomic E-state index is 13.5. The van der Waals surface area contributed by atoms with E-state index in [1.165, 1.54) is 4.90 Å². The average molecular weight is 500 g/mol. The minimum Gasteiger partial charge on any atom is -0.444 e. The highest BCUT2D eigenvalue weighted by atomic mass is 16.6. The molecule has 2 aromatic carbocycles. The standard InChI is InChI=1S/C27H37N3O6/c1-18-11-12-21(19(2)15-18)23(24(33)28-16-20-9-7-6-8-10-20)30(13-14-31)25(34)22(17-32)29-26(35)36-27(3,4)5/h6-12,15,22-23,31-32H,13-14,16-17H2,1-5H3,(H,28,33)(H,29,35). The number of nitrogens with zero attached hydrogens (tertiary/aromatic N) is 1. The van der Waals surface area contributed by atoms with Gasteiger partial charge in [-0.25, -0.2) is 4.79 Å². The number of benzene rings is 2. The molecule has 0 bridgehead atoms. The predicted molar refractivity (Wildman–Crippen MR) is 136 cm³/mol. The molecule has 0 aromatic heterocycles. The molecule has 9 nitrogen and oxygen atoms in total. The molecule has 4 N–H and O–H groups in total. The van der Waals surface area contributed by atoms with Gasteiger partial charge in [0, 0.05) is 13.1 Å². The number of alkyl carbamates (subject to hydrolysis) is 1. The predicted octanol–water partition coefficient (Wildman–Crippen LogP) is 2.37. The maximum Gasteiger partial charge on any atom is 0.408 e. The molecule has 2 unspecified atom stereocenters. The van der Waals surface area contributed by atoms with E-state index in [1.807, 2.05) is 56.3 Å². The summed E-state index contributed by atoms with van der Waals surface area (Å²) in [4.78, 5) is 40.5. The van der Waals surface area contributed by atoms with Gasteiger partial charge in [0.25, 0.3) is 0 Å². The monoisotopic (exact) mass is 499 g/mol. The van der Waals surface area contributed by atoms with Crippen molar-refractivity contribution in [1.29, 1.82) is 0 Å². The van der Waals surface area contributed by atoms with E-state index in [9.17, 15) is 24.6 Å². The van der Waals surface area contributed by atoms with Crippen molar-refractivity contribution in [2.75, 3.05) is 19.8 Å². The second-order valence-electron chi connectivity index (χ2n) is 9.60. The number of rotatable bonds is 10. The lowest BCUT2D eigenvalue weighted by Gasteiger charge is -2.34. The van der Waals surface area contributed by atoms with Gasteiger partial charge in [0.05, 0.1) is 13.2 Å². The van der Waals surface area contributed by atoms with E-state index in [0.717, 1.165) is 16.7 Å². The van der Waals surface area contributed by atoms with Gasteiger partial charge in [0.2, 0.25) is 11.8 Å². The van der Waals surface area contributed by atoms with Crippen molar-refractivity contribution in [1.82, 2.24) is 15.5 Å². The van der Waals surface area contributed by atoms with Crippen molar-refractivity contribution in [2.24, 2.45) is 0 Å². The third kappa shape index (κ3) is 8.35. The van der Waals surface area contributed by atoms with Crippen LogP contribution in [0.2, 0.25) is 0 Å². The smallest absolute Gasteiger partial charge is 0.408 e. The number of aliphatic hydroxyl groups is 2. The summed E-state index contributed by atoms with van der Waals surface area (Å²) in [5, 5.41) is 24.9. The number of ether oxygens (including phenoxy) is 1. The number of hydrogen-bond donors (Lipinski definition) is 4. The van der Waals surface area contributed by atoms with Crippen LogP contribution in [0.1, 0.15) is 49.1 Å². The summed E-state index contributed by atoms with van der Waals surface area (Å²) in [7, 11) is 0. The van der Waals surface area contributed by atoms with E-state index < -0.39 is 48.8 Å². The third-order valence-corrected chi connectivity index (χ3v) is 5.39. The molecule has 36 heavy (non-hydrogen) atoms. The summed E-state index contributed by atoms with van der Waals surface area (Å²) in [5.41, 5.74) is 2.41. The third-order valence-electron chi connectivity index (χ3n) is 5.39. The molecule has 0 fully saturated rings. The van der Waals surface area contributed by atoms with Gasteiger partial charge in [0.15, 0.2) is 0 Å². The van der Waals surface area contributed by atoms with Crippen LogP contribution in [0, 0.1) is 13.8 Å². The molecule has 0 aliphatic rings. The lowest BCUT2D eigenvalue weighted by Crippen LogP contribution is -2.55. The first kappa shape index (κ1) is 28.8. The summed E-state index contributed by atoms with van der Waals surface area (Å²) in [6.07, 6.45) is -0.879. The van der Waals surface area contributed by atoms with Crippen LogP contribution >= 0.6 is 0 Å². The molecule has 0 aliphatic heterocycles. The molecule has 0 spiro atoms. The molecule has 0 aliphatic carbocycles. The zero-order chi connectivity index (χ0) is 26.9. The summed E-state index contributed by atoms with van der Waals surface area (Å²) in [5.74, 6) is -1.18. The van der Waals surface area contributed by atoms with Crippen molar-refractivity contribution < 1.29 is 29.3 Å². The highest BCUT2D eigenvalue weighted by Gasteiger charge is 2.36. The van der Waals surface area contributed by atoms with Crippen LogP contribution in [0.4, 0.5) is 4.79 Å². The fourth-order valence-corrected chi connectivity index (χ4v) is 3.77. The van der Waals surface area contributed by atoms with Crippen molar-refractivity contribution in [3.05, 3.63) is 70.8 Å². The Kier molecular flexibility index (Phi) is 10.4. The largest absolute Gasteiger partial charge is 0.444 e. The summed E-state index contributed by atoms with van der Waals surface area (Å²) < 4.78 is 5.21. The molecule has 196 valence electrons. The van der Waals surface area contributed by atoms with E-state index in [1.54, 1.807) is 26.8 Å². The highest BCUT2D eigenvalue weighted by molar-refractivity contribution is 5.92. The Morgan fingerprint density at radius 2 is 1.69 bits per heavy atom. The summed E-state index contributed by atoms with van der Waals surface area (Å²) >= 11 is 0. The van der Waals surface area contributed by atoms with Crippen molar-refractivity contribution in [2.45, 2.75) is 58.8 Å². The molecule has 0 heterocycles. The zero-order valence-electron chi connectivity index (χ0n) is 21.6. The number of carbonyl (C=O) groups excluding carboxylic acids is 3. The van der Waals surface area contributed by atoms with E-state index >= 15 is 0 Å². The van der Waals surface area contributed by atoms with Crippen molar-refractivity contribution >= 4 is 17.9 Å². The van der Waals surface area contributed by atoms with E-state index in [-0.39, 0.29) is 13.1 Å². The molecule has 9 heteroatoms. The summed E-state index contributed by atoms with van der Waals surface area (Å²) in [6.45, 7) is 7.68. The zero-order valence-corrected chi connectivity index (χ0v) is 21.6. The fourth-order valence-electron chi connectivity index (χ4n) is 3.77. The first-order chi connectivity index (χ1) is 17.0. The maximum atomic E-state index is 13.5. The molecule has 0 saturated carbocycles. The Balaban J connectivity index is 2.41. The lowest BCUT2D eigenvalue weighted by molar-refractivity contribution is -0.143. The van der Waals surface area contributed by atoms with Gasteiger partial charge < -0.3 is 30.5 Å². The minimum absolute atomic E-state index is 0.192. The number of hydrogen-bond acceptors (Lipinski definition) is 6. The Morgan fingerprint density at radius 3 is 2.25 bits per heavy atom. The minimum atomic E-state index is -1.37. The average Bonchev–Trinajstić information content (AvgIpc) is 2.81. The molecule has 2 aromatic rings. The van der Waals surface area contributed by atoms with Gasteiger partial charge in [-0.2, -0.15) is 0 Å². The second-order valence-corrected chi connectivity index (χ2v) is 9.60. The Morgan fingerprint density at radius 1 is 1.03 bits per heavy atom. The van der Waals surface area contributed by atoms with Gasteiger partial charge in [-0.05, 0) is 51.3 Å². The van der Waals surface area contributed by atoms with Crippen LogP contribution in [0.15, 0.2) is 48.5 Å². The first-order valence-electron chi connectivity index (χ1n) is 11.9. The van der Waals surface area contributed by atoms with Crippen molar-refractivity contribution in [3.8, 4) is 0 Å². The normalized spacial score (nSPS) is 12.9. The number of aliphatic hydroxyl groups excluding tert-OH is 2. The second kappa shape index (κ2) is 13.0. The highest BCUT2D eigenvalue weighted by Crippen LogP contribution is 2.26. The molecule has 3 amide bonds. The number of carbonyl (C=O) groups is 3. The van der Waals surface area contributed by atoms with Crippen LogP contribution in [-0.2, 0) is 20.9 Å². The van der Waals surface area contributed by atoms with E-state index in [4.69, 9.17) is 4.74 Å². The van der Waals surface area contributed by atoms with Gasteiger partial charge >= 0.3 is 6.09 Å². The fraction of sp³-hybridized carbons (Fsp3) is 0.444. The lowest BCUT2D eigenvalue weighted by atomic mass is 9.96. The topological polar surface area (TPSA) is 128 Å². The van der Waals surface area contributed by atoms with Crippen LogP contribution < -0.4 is 10.6 Å². The van der Waals surface area contributed by atoms with Crippen LogP contribution in [0.25, 0.3) is 0 Å². The van der Waals surface area contributed by atoms with Gasteiger partial charge in [-0.3, -0.25) is 9.59 Å². The molecule has 0 radical (unpaired) electrons. The van der Waals surface area contributed by atoms with E-state index in [0.29, 0.717) is 5.56 Å². The molecule has 2 rings (SSSR count). The molecular formula is C27H37N3O6. The SMILES string of the molecule is Cc1ccc(C(C(=O)NCc2ccccc2)N(CCO)C(=O)C(CO)NC(=O)OC(C)(C)C)c(C)c1. The Labute approximate surface area is 212 Å². The molecule has 2 atom stereocenters. The van der Waals surface area contributed by atoms with Gasteiger partial charge in [-0.15, -0.1) is 0 Å². The number of amides is 3. The number of nitrogens with one attached hydrogen (secondary N) is 2.